The van der Waals surface area contributed by atoms with Crippen LogP contribution >= 0.6 is 27.5 Å². The predicted octanol–water partition coefficient (Wildman–Crippen LogP) is 5.67. The first-order valence-electron chi connectivity index (χ1n) is 9.95. The van der Waals surface area contributed by atoms with Crippen molar-refractivity contribution in [1.82, 2.24) is 0 Å². The van der Waals surface area contributed by atoms with Gasteiger partial charge >= 0.3 is 0 Å². The smallest absolute Gasteiger partial charge is 0.232 e. The van der Waals surface area contributed by atoms with Crippen LogP contribution < -0.4 is 5.32 Å². The van der Waals surface area contributed by atoms with Crippen LogP contribution in [0, 0.1) is 16.2 Å². The first-order chi connectivity index (χ1) is 14.1. The molecule has 0 radical (unpaired) electrons. The number of rotatable bonds is 4. The van der Waals surface area contributed by atoms with E-state index in [1.54, 1.807) is 42.5 Å². The van der Waals surface area contributed by atoms with Crippen molar-refractivity contribution >= 4 is 50.7 Å². The molecule has 4 nitrogen and oxygen atoms in total. The fourth-order valence-electron chi connectivity index (χ4n) is 5.25. The molecular weight excluding hydrogens is 466 g/mol. The highest BCUT2D eigenvalue weighted by atomic mass is 79.9. The van der Waals surface area contributed by atoms with Crippen LogP contribution in [0.2, 0.25) is 5.02 Å². The van der Waals surface area contributed by atoms with Gasteiger partial charge in [0.2, 0.25) is 5.91 Å². The zero-order chi connectivity index (χ0) is 21.9. The SMILES string of the molecule is CC1(C)[C@]2(C)CC[C@@]1(C(=O)Nc1ccc(Cl)cc1C(=O)c1ccccc1)[C@@H](Br)C2=O. The molecule has 2 bridgehead atoms. The molecule has 0 unspecified atom stereocenters. The summed E-state index contributed by atoms with van der Waals surface area (Å²) >= 11 is 9.70. The molecule has 0 heterocycles. The van der Waals surface area contributed by atoms with Gasteiger partial charge < -0.3 is 5.32 Å². The number of hydrogen-bond donors (Lipinski definition) is 1. The average molecular weight is 489 g/mol. The average Bonchev–Trinajstić information content (AvgIpc) is 3.00. The molecule has 1 N–H and O–H groups in total. The maximum absolute atomic E-state index is 13.7. The van der Waals surface area contributed by atoms with Gasteiger partial charge in [0.05, 0.1) is 15.9 Å². The minimum absolute atomic E-state index is 0.0746. The number of hydrogen-bond acceptors (Lipinski definition) is 3. The number of carbonyl (C=O) groups is 3. The van der Waals surface area contributed by atoms with Gasteiger partial charge in [0, 0.05) is 21.6 Å². The highest BCUT2D eigenvalue weighted by molar-refractivity contribution is 9.10. The molecule has 0 aliphatic heterocycles. The Labute approximate surface area is 189 Å². The van der Waals surface area contributed by atoms with E-state index in [4.69, 9.17) is 11.6 Å². The molecule has 0 aromatic heterocycles. The number of amides is 1. The summed E-state index contributed by atoms with van der Waals surface area (Å²) in [7, 11) is 0. The molecule has 1 amide bonds. The Balaban J connectivity index is 1.73. The van der Waals surface area contributed by atoms with Gasteiger partial charge in [-0.05, 0) is 36.5 Å². The normalized spacial score (nSPS) is 29.1. The molecular formula is C24H23BrClNO3. The number of carbonyl (C=O) groups excluding carboxylic acids is 3. The van der Waals surface area contributed by atoms with E-state index in [0.29, 0.717) is 34.7 Å². The lowest BCUT2D eigenvalue weighted by atomic mass is 9.64. The largest absolute Gasteiger partial charge is 0.325 e. The van der Waals surface area contributed by atoms with E-state index >= 15 is 0 Å². The molecule has 30 heavy (non-hydrogen) atoms. The number of ketones is 2. The number of nitrogens with one attached hydrogen (secondary N) is 1. The van der Waals surface area contributed by atoms with Gasteiger partial charge in [0.15, 0.2) is 11.6 Å². The summed E-state index contributed by atoms with van der Waals surface area (Å²) in [5, 5.41) is 3.38. The molecule has 2 saturated carbocycles. The Bertz CT molecular complexity index is 1070. The van der Waals surface area contributed by atoms with Crippen LogP contribution in [0.15, 0.2) is 48.5 Å². The summed E-state index contributed by atoms with van der Waals surface area (Å²) in [4.78, 5) is 39.2. The van der Waals surface area contributed by atoms with Crippen LogP contribution in [0.5, 0.6) is 0 Å². The van der Waals surface area contributed by atoms with E-state index in [1.807, 2.05) is 26.8 Å². The summed E-state index contributed by atoms with van der Waals surface area (Å²) in [5.74, 6) is -0.390. The van der Waals surface area contributed by atoms with Crippen LogP contribution in [0.4, 0.5) is 5.69 Å². The van der Waals surface area contributed by atoms with E-state index in [2.05, 4.69) is 21.2 Å². The Hall–Kier alpha value is -1.98. The Morgan fingerprint density at radius 1 is 1.07 bits per heavy atom. The molecule has 2 aromatic carbocycles. The maximum Gasteiger partial charge on any atom is 0.232 e. The third kappa shape index (κ3) is 2.68. The summed E-state index contributed by atoms with van der Waals surface area (Å²) in [6, 6.07) is 13.7. The maximum atomic E-state index is 13.7. The van der Waals surface area contributed by atoms with Crippen LogP contribution in [0.3, 0.4) is 0 Å². The second kappa shape index (κ2) is 7.03. The van der Waals surface area contributed by atoms with Gasteiger partial charge in [-0.1, -0.05) is 78.6 Å². The summed E-state index contributed by atoms with van der Waals surface area (Å²) in [5.41, 5.74) is -0.724. The highest BCUT2D eigenvalue weighted by Crippen LogP contribution is 2.72. The molecule has 2 fully saturated rings. The zero-order valence-electron chi connectivity index (χ0n) is 17.1. The fraction of sp³-hybridized carbons (Fsp3) is 0.375. The van der Waals surface area contributed by atoms with Crippen molar-refractivity contribution in [3.63, 3.8) is 0 Å². The van der Waals surface area contributed by atoms with Gasteiger partial charge in [-0.25, -0.2) is 0 Å². The third-order valence-electron chi connectivity index (χ3n) is 7.64. The number of alkyl halides is 1. The second-order valence-electron chi connectivity index (χ2n) is 8.99. The Kier molecular flexibility index (Phi) is 4.98. The second-order valence-corrected chi connectivity index (χ2v) is 10.3. The molecule has 4 rings (SSSR count). The molecule has 0 spiro atoms. The van der Waals surface area contributed by atoms with Crippen molar-refractivity contribution in [2.24, 2.45) is 16.2 Å². The number of anilines is 1. The van der Waals surface area contributed by atoms with Gasteiger partial charge in [-0.2, -0.15) is 0 Å². The topological polar surface area (TPSA) is 63.2 Å². The number of halogens is 2. The molecule has 3 atom stereocenters. The molecule has 2 aliphatic rings. The van der Waals surface area contributed by atoms with E-state index in [-0.39, 0.29) is 17.5 Å². The van der Waals surface area contributed by atoms with Crippen LogP contribution in [-0.2, 0) is 9.59 Å². The standard InChI is InChI=1S/C24H23BrClNO3/c1-22(2)23(3)11-12-24(22,19(25)20(23)29)21(30)27-17-10-9-15(26)13-16(17)18(28)14-7-5-4-6-8-14/h4-10,13,19H,11-12H2,1-3H3,(H,27,30)/t19-,23+,24-/m0/s1. The van der Waals surface area contributed by atoms with E-state index in [0.717, 1.165) is 0 Å². The molecule has 0 saturated heterocycles. The van der Waals surface area contributed by atoms with Crippen molar-refractivity contribution < 1.29 is 14.4 Å². The molecule has 2 aromatic rings. The summed E-state index contributed by atoms with van der Waals surface area (Å²) < 4.78 is 0. The summed E-state index contributed by atoms with van der Waals surface area (Å²) in [6.07, 6.45) is 1.28. The van der Waals surface area contributed by atoms with Crippen molar-refractivity contribution in [1.29, 1.82) is 0 Å². The monoisotopic (exact) mass is 487 g/mol. The van der Waals surface area contributed by atoms with E-state index in [9.17, 15) is 14.4 Å². The van der Waals surface area contributed by atoms with Crippen LogP contribution in [0.25, 0.3) is 0 Å². The molecule has 156 valence electrons. The predicted molar refractivity (Wildman–Crippen MR) is 121 cm³/mol. The fourth-order valence-corrected chi connectivity index (χ4v) is 6.93. The first kappa shape index (κ1) is 21.3. The van der Waals surface area contributed by atoms with Gasteiger partial charge in [-0.3, -0.25) is 14.4 Å². The van der Waals surface area contributed by atoms with Crippen molar-refractivity contribution in [3.8, 4) is 0 Å². The van der Waals surface area contributed by atoms with Gasteiger partial charge in [0.25, 0.3) is 0 Å². The lowest BCUT2D eigenvalue weighted by Gasteiger charge is -2.39. The van der Waals surface area contributed by atoms with Crippen molar-refractivity contribution in [2.45, 2.75) is 38.4 Å². The van der Waals surface area contributed by atoms with E-state index in [1.165, 1.54) is 0 Å². The Morgan fingerprint density at radius 3 is 2.33 bits per heavy atom. The van der Waals surface area contributed by atoms with Gasteiger partial charge in [-0.15, -0.1) is 0 Å². The van der Waals surface area contributed by atoms with Crippen LogP contribution in [-0.4, -0.2) is 22.3 Å². The first-order valence-corrected chi connectivity index (χ1v) is 11.2. The van der Waals surface area contributed by atoms with Crippen molar-refractivity contribution in [3.05, 3.63) is 64.7 Å². The Morgan fingerprint density at radius 2 is 1.73 bits per heavy atom. The zero-order valence-corrected chi connectivity index (χ0v) is 19.4. The quantitative estimate of drug-likeness (QED) is 0.445. The minimum atomic E-state index is -0.883. The van der Waals surface area contributed by atoms with Crippen molar-refractivity contribution in [2.75, 3.05) is 5.32 Å². The minimum Gasteiger partial charge on any atom is -0.325 e. The number of benzene rings is 2. The lowest BCUT2D eigenvalue weighted by Crippen LogP contribution is -2.48. The number of fused-ring (bicyclic) bond motifs is 2. The van der Waals surface area contributed by atoms with Crippen LogP contribution in [0.1, 0.15) is 49.5 Å². The lowest BCUT2D eigenvalue weighted by molar-refractivity contribution is -0.130. The van der Waals surface area contributed by atoms with E-state index < -0.39 is 21.1 Å². The summed E-state index contributed by atoms with van der Waals surface area (Å²) in [6.45, 7) is 5.95. The third-order valence-corrected chi connectivity index (χ3v) is 9.07. The number of Topliss-reactive ketones (excluding diaryl/α,β-unsaturated/α-hetero) is 1. The van der Waals surface area contributed by atoms with Gasteiger partial charge in [0.1, 0.15) is 0 Å². The highest BCUT2D eigenvalue weighted by Gasteiger charge is 2.76. The molecule has 6 heteroatoms. The molecule has 2 aliphatic carbocycles.